The van der Waals surface area contributed by atoms with Crippen molar-refractivity contribution in [3.05, 3.63) is 45.7 Å². The van der Waals surface area contributed by atoms with Crippen molar-refractivity contribution in [1.82, 2.24) is 4.98 Å². The summed E-state index contributed by atoms with van der Waals surface area (Å²) in [6, 6.07) is 4.76. The first-order valence-corrected chi connectivity index (χ1v) is 5.50. The van der Waals surface area contributed by atoms with Crippen LogP contribution in [0.2, 0.25) is 15.1 Å². The van der Waals surface area contributed by atoms with Crippen molar-refractivity contribution >= 4 is 34.8 Å². The molecule has 0 aliphatic carbocycles. The summed E-state index contributed by atoms with van der Waals surface area (Å²) in [6.07, 6.45) is 2.93. The molecule has 0 saturated heterocycles. The molecule has 1 aromatic heterocycles. The minimum atomic E-state index is 0.0691. The highest BCUT2D eigenvalue weighted by molar-refractivity contribution is 6.44. The Morgan fingerprint density at radius 3 is 2.25 bits per heavy atom. The lowest BCUT2D eigenvalue weighted by atomic mass is 10.1. The van der Waals surface area contributed by atoms with E-state index in [0.29, 0.717) is 26.2 Å². The number of aromatic nitrogens is 1. The molecule has 1 N–H and O–H groups in total. The van der Waals surface area contributed by atoms with E-state index in [1.807, 2.05) is 0 Å². The average Bonchev–Trinajstić information content (AvgIpc) is 2.23. The maximum atomic E-state index is 9.32. The molecule has 16 heavy (non-hydrogen) atoms. The number of rotatable bonds is 1. The van der Waals surface area contributed by atoms with Crippen LogP contribution in [0.4, 0.5) is 0 Å². The number of benzene rings is 1. The van der Waals surface area contributed by atoms with Gasteiger partial charge in [0.2, 0.25) is 0 Å². The quantitative estimate of drug-likeness (QED) is 0.781. The normalized spacial score (nSPS) is 10.4. The minimum Gasteiger partial charge on any atom is -0.506 e. The van der Waals surface area contributed by atoms with Crippen molar-refractivity contribution in [2.24, 2.45) is 0 Å². The van der Waals surface area contributed by atoms with Gasteiger partial charge in [-0.2, -0.15) is 0 Å². The van der Waals surface area contributed by atoms with Gasteiger partial charge >= 0.3 is 0 Å². The molecule has 0 saturated carbocycles. The first-order valence-electron chi connectivity index (χ1n) is 4.37. The van der Waals surface area contributed by atoms with Gasteiger partial charge in [0.05, 0.1) is 21.3 Å². The summed E-state index contributed by atoms with van der Waals surface area (Å²) in [5, 5.41) is 10.6. The molecule has 5 heteroatoms. The molecule has 2 rings (SSSR count). The molecule has 2 nitrogen and oxygen atoms in total. The second-order valence-electron chi connectivity index (χ2n) is 3.18. The van der Waals surface area contributed by atoms with E-state index in [0.717, 1.165) is 0 Å². The topological polar surface area (TPSA) is 33.1 Å². The molecule has 82 valence electrons. The molecule has 1 heterocycles. The lowest BCUT2D eigenvalue weighted by Gasteiger charge is -2.06. The van der Waals surface area contributed by atoms with E-state index in [2.05, 4.69) is 4.98 Å². The van der Waals surface area contributed by atoms with Crippen molar-refractivity contribution in [3.8, 4) is 16.9 Å². The second-order valence-corrected chi connectivity index (χ2v) is 4.40. The van der Waals surface area contributed by atoms with Gasteiger partial charge in [0.15, 0.2) is 0 Å². The lowest BCUT2D eigenvalue weighted by Crippen LogP contribution is -1.82. The molecule has 0 fully saturated rings. The number of halogens is 3. The molecular formula is C11H6Cl3NO. The Labute approximate surface area is 107 Å². The van der Waals surface area contributed by atoms with Crippen molar-refractivity contribution in [2.75, 3.05) is 0 Å². The zero-order valence-corrected chi connectivity index (χ0v) is 10.2. The first-order chi connectivity index (χ1) is 7.58. The Balaban J connectivity index is 2.60. The van der Waals surface area contributed by atoms with Gasteiger partial charge in [0.25, 0.3) is 0 Å². The third kappa shape index (κ3) is 2.24. The van der Waals surface area contributed by atoms with Crippen LogP contribution in [-0.2, 0) is 0 Å². The van der Waals surface area contributed by atoms with Crippen LogP contribution < -0.4 is 0 Å². The van der Waals surface area contributed by atoms with E-state index in [9.17, 15) is 5.11 Å². The number of nitrogens with zero attached hydrogens (tertiary/aromatic N) is 1. The van der Waals surface area contributed by atoms with Gasteiger partial charge < -0.3 is 5.11 Å². The molecule has 0 bridgehead atoms. The van der Waals surface area contributed by atoms with Crippen molar-refractivity contribution < 1.29 is 5.11 Å². The van der Waals surface area contributed by atoms with E-state index in [-0.39, 0.29) is 5.75 Å². The number of pyridine rings is 1. The van der Waals surface area contributed by atoms with Crippen LogP contribution in [0.15, 0.2) is 30.6 Å². The SMILES string of the molecule is Oc1cncc(-c2cc(Cl)c(Cl)cc2Cl)c1. The van der Waals surface area contributed by atoms with Gasteiger partial charge in [-0.15, -0.1) is 0 Å². The smallest absolute Gasteiger partial charge is 0.134 e. The molecular weight excluding hydrogens is 268 g/mol. The molecule has 0 radical (unpaired) electrons. The molecule has 0 aliphatic rings. The number of hydrogen-bond donors (Lipinski definition) is 1. The van der Waals surface area contributed by atoms with Crippen molar-refractivity contribution in [1.29, 1.82) is 0 Å². The van der Waals surface area contributed by atoms with Gasteiger partial charge in [0.1, 0.15) is 5.75 Å². The predicted molar refractivity (Wildman–Crippen MR) is 66.4 cm³/mol. The van der Waals surface area contributed by atoms with Gasteiger partial charge in [0, 0.05) is 17.3 Å². The van der Waals surface area contributed by atoms with Crippen LogP contribution >= 0.6 is 34.8 Å². The van der Waals surface area contributed by atoms with Crippen LogP contribution in [0.3, 0.4) is 0 Å². The largest absolute Gasteiger partial charge is 0.506 e. The highest BCUT2D eigenvalue weighted by Gasteiger charge is 2.08. The Bertz CT molecular complexity index is 543. The highest BCUT2D eigenvalue weighted by atomic mass is 35.5. The summed E-state index contributed by atoms with van der Waals surface area (Å²) in [7, 11) is 0. The Morgan fingerprint density at radius 2 is 1.56 bits per heavy atom. The Morgan fingerprint density at radius 1 is 0.875 bits per heavy atom. The van der Waals surface area contributed by atoms with Crippen molar-refractivity contribution in [3.63, 3.8) is 0 Å². The Kier molecular flexibility index (Phi) is 3.24. The van der Waals surface area contributed by atoms with Crippen molar-refractivity contribution in [2.45, 2.75) is 0 Å². The summed E-state index contributed by atoms with van der Waals surface area (Å²) in [6.45, 7) is 0. The summed E-state index contributed by atoms with van der Waals surface area (Å²) >= 11 is 17.8. The summed E-state index contributed by atoms with van der Waals surface area (Å²) in [4.78, 5) is 3.87. The van der Waals surface area contributed by atoms with Crippen LogP contribution in [0.25, 0.3) is 11.1 Å². The van der Waals surface area contributed by atoms with Crippen LogP contribution in [0.5, 0.6) is 5.75 Å². The van der Waals surface area contributed by atoms with E-state index in [1.165, 1.54) is 6.20 Å². The fraction of sp³-hybridized carbons (Fsp3) is 0. The molecule has 0 unspecified atom stereocenters. The van der Waals surface area contributed by atoms with Gasteiger partial charge in [-0.05, 0) is 18.2 Å². The summed E-state index contributed by atoms with van der Waals surface area (Å²) in [5.74, 6) is 0.0691. The monoisotopic (exact) mass is 273 g/mol. The van der Waals surface area contributed by atoms with Gasteiger partial charge in [-0.25, -0.2) is 0 Å². The first kappa shape index (κ1) is 11.5. The highest BCUT2D eigenvalue weighted by Crippen LogP contribution is 2.35. The maximum Gasteiger partial charge on any atom is 0.134 e. The third-order valence-electron chi connectivity index (χ3n) is 2.04. The fourth-order valence-corrected chi connectivity index (χ4v) is 1.97. The Hall–Kier alpha value is -0.960. The zero-order valence-electron chi connectivity index (χ0n) is 7.92. The van der Waals surface area contributed by atoms with Gasteiger partial charge in [-0.3, -0.25) is 4.98 Å². The predicted octanol–water partition coefficient (Wildman–Crippen LogP) is 4.41. The van der Waals surface area contributed by atoms with E-state index >= 15 is 0 Å². The molecule has 0 spiro atoms. The standard InChI is InChI=1S/C11H6Cl3NO/c12-9-3-11(14)10(13)2-8(9)6-1-7(16)5-15-4-6/h1-5,16H. The average molecular weight is 275 g/mol. The molecule has 0 aliphatic heterocycles. The van der Waals surface area contributed by atoms with Crippen LogP contribution in [0.1, 0.15) is 0 Å². The fourth-order valence-electron chi connectivity index (χ4n) is 1.32. The zero-order chi connectivity index (χ0) is 11.7. The molecule has 0 atom stereocenters. The molecule has 0 amide bonds. The summed E-state index contributed by atoms with van der Waals surface area (Å²) in [5.41, 5.74) is 1.36. The minimum absolute atomic E-state index is 0.0691. The van der Waals surface area contributed by atoms with Crippen LogP contribution in [-0.4, -0.2) is 10.1 Å². The third-order valence-corrected chi connectivity index (χ3v) is 3.08. The van der Waals surface area contributed by atoms with E-state index < -0.39 is 0 Å². The maximum absolute atomic E-state index is 9.32. The van der Waals surface area contributed by atoms with E-state index in [4.69, 9.17) is 34.8 Å². The summed E-state index contributed by atoms with van der Waals surface area (Å²) < 4.78 is 0. The number of aromatic hydroxyl groups is 1. The van der Waals surface area contributed by atoms with Crippen LogP contribution in [0, 0.1) is 0 Å². The number of hydrogen-bond acceptors (Lipinski definition) is 2. The second kappa shape index (κ2) is 4.50. The van der Waals surface area contributed by atoms with E-state index in [1.54, 1.807) is 24.4 Å². The lowest BCUT2D eigenvalue weighted by molar-refractivity contribution is 0.473. The molecule has 1 aromatic carbocycles. The van der Waals surface area contributed by atoms with Gasteiger partial charge in [-0.1, -0.05) is 34.8 Å². The molecule has 2 aromatic rings.